The SMILES string of the molecule is CC1(C)C2CC[C@]3(C)C(C(=O)C=C4C5C[C@@](C)(C(=O)O)CC[C@]5(C)CC[C@]43C)[C@@]2(C)CC[C@@H]1O[C@H]1O[C@H](C(=O)O)[C@@H](O)[C@H](O)[C@H]1O[C@@H]1O[C@H](C(=O)O)[C@@H](O)[C@H](O)[C@H]1O.[Zn]. The molecule has 5 aliphatic carbocycles. The van der Waals surface area contributed by atoms with Crippen molar-refractivity contribution in [2.45, 2.75) is 174 Å². The summed E-state index contributed by atoms with van der Waals surface area (Å²) in [6.45, 7) is 14.8. The summed E-state index contributed by atoms with van der Waals surface area (Å²) in [4.78, 5) is 51.3. The molecule has 0 radical (unpaired) electrons. The summed E-state index contributed by atoms with van der Waals surface area (Å²) >= 11 is 0. The predicted molar refractivity (Wildman–Crippen MR) is 199 cm³/mol. The van der Waals surface area contributed by atoms with Crippen LogP contribution < -0.4 is 0 Å². The van der Waals surface area contributed by atoms with Crippen molar-refractivity contribution in [3.63, 3.8) is 0 Å². The Morgan fingerprint density at radius 1 is 0.695 bits per heavy atom. The van der Waals surface area contributed by atoms with Gasteiger partial charge in [0.15, 0.2) is 30.6 Å². The molecule has 17 heteroatoms. The maximum atomic E-state index is 14.8. The van der Waals surface area contributed by atoms with E-state index < -0.39 is 107 Å². The largest absolute Gasteiger partial charge is 0.481 e. The van der Waals surface area contributed by atoms with Crippen LogP contribution in [0.1, 0.15) is 106 Å². The molecule has 19 atom stereocenters. The molecule has 7 rings (SSSR count). The van der Waals surface area contributed by atoms with Crippen molar-refractivity contribution in [3.8, 4) is 0 Å². The average molecular weight is 888 g/mol. The summed E-state index contributed by atoms with van der Waals surface area (Å²) in [5.41, 5.74) is -1.81. The van der Waals surface area contributed by atoms with Gasteiger partial charge in [-0.05, 0) is 110 Å². The standard InChI is InChI=1S/C42H62O16.Zn/c1-37(2)21-8-11-42(7)31(20(43)16-18-19-17-39(4,36(53)54)13-12-38(19,3)14-15-41(18,42)6)40(21,5)10-9-22(37)55-35-30(26(47)25(46)29(57-35)33(51)52)58-34-27(48)23(44)24(45)28(56-34)32(49)50;/h16,19,21-31,34-35,44-48H,8-15,17H2,1-7H3,(H,49,50)(H,51,52)(H,53,54);/t19?,21?,22-,23-,24-,25-,26-,27+,28-,29-,30+,31?,34-,35-,38+,39-,40-,41+,42+;/m0./s1. The third kappa shape index (κ3) is 6.91. The Balaban J connectivity index is 0.00000585. The van der Waals surface area contributed by atoms with Crippen molar-refractivity contribution >= 4 is 23.7 Å². The second-order valence-corrected chi connectivity index (χ2v) is 20.6. The number of aliphatic hydroxyl groups excluding tert-OH is 5. The molecule has 0 aromatic rings. The molecular formula is C42H62O16Zn. The van der Waals surface area contributed by atoms with Crippen LogP contribution in [0, 0.1) is 50.2 Å². The number of fused-ring (bicyclic) bond motifs is 7. The number of ketones is 1. The number of carboxylic acid groups (broad SMARTS) is 3. The van der Waals surface area contributed by atoms with Gasteiger partial charge in [-0.3, -0.25) is 9.59 Å². The number of hydrogen-bond acceptors (Lipinski definition) is 13. The topological polar surface area (TPSA) is 267 Å². The number of ether oxygens (including phenoxy) is 4. The van der Waals surface area contributed by atoms with E-state index in [1.165, 1.54) is 0 Å². The molecule has 6 fully saturated rings. The zero-order valence-electron chi connectivity index (χ0n) is 35.1. The molecule has 7 aliphatic rings. The van der Waals surface area contributed by atoms with E-state index in [4.69, 9.17) is 18.9 Å². The van der Waals surface area contributed by atoms with Gasteiger partial charge in [-0.15, -0.1) is 0 Å². The Labute approximate surface area is 356 Å². The van der Waals surface area contributed by atoms with Crippen LogP contribution in [0.2, 0.25) is 0 Å². The Bertz CT molecular complexity index is 1740. The molecule has 3 unspecified atom stereocenters. The number of carbonyl (C=O) groups is 4. The Kier molecular flexibility index (Phi) is 12.2. The van der Waals surface area contributed by atoms with E-state index >= 15 is 0 Å². The average Bonchev–Trinajstić information content (AvgIpc) is 3.13. The van der Waals surface area contributed by atoms with Gasteiger partial charge in [-0.25, -0.2) is 9.59 Å². The minimum absolute atomic E-state index is 0. The number of carboxylic acids is 3. The van der Waals surface area contributed by atoms with Crippen LogP contribution >= 0.6 is 0 Å². The monoisotopic (exact) mass is 886 g/mol. The fourth-order valence-electron chi connectivity index (χ4n) is 13.4. The zero-order chi connectivity index (χ0) is 42.9. The molecule has 2 heterocycles. The van der Waals surface area contributed by atoms with Crippen LogP contribution in [-0.2, 0) is 57.6 Å². The van der Waals surface area contributed by atoms with Gasteiger partial charge in [0.25, 0.3) is 0 Å². The van der Waals surface area contributed by atoms with Crippen LogP contribution in [0.15, 0.2) is 11.6 Å². The van der Waals surface area contributed by atoms with E-state index in [1.807, 2.05) is 26.8 Å². The molecule has 328 valence electrons. The summed E-state index contributed by atoms with van der Waals surface area (Å²) in [6, 6.07) is 0. The van der Waals surface area contributed by atoms with Gasteiger partial charge in [0.1, 0.15) is 36.6 Å². The quantitative estimate of drug-likeness (QED) is 0.135. The first kappa shape index (κ1) is 46.6. The summed E-state index contributed by atoms with van der Waals surface area (Å²) in [7, 11) is 0. The molecule has 0 bridgehead atoms. The van der Waals surface area contributed by atoms with Crippen molar-refractivity contribution in [2.75, 3.05) is 0 Å². The zero-order valence-corrected chi connectivity index (χ0v) is 38.0. The third-order valence-electron chi connectivity index (χ3n) is 17.2. The molecule has 0 amide bonds. The van der Waals surface area contributed by atoms with E-state index in [1.54, 1.807) is 0 Å². The van der Waals surface area contributed by atoms with E-state index in [0.29, 0.717) is 25.7 Å². The maximum absolute atomic E-state index is 14.8. The molecule has 0 spiro atoms. The van der Waals surface area contributed by atoms with Crippen molar-refractivity contribution in [3.05, 3.63) is 11.6 Å². The number of rotatable bonds is 7. The molecule has 4 saturated carbocycles. The second-order valence-electron chi connectivity index (χ2n) is 20.6. The summed E-state index contributed by atoms with van der Waals surface area (Å²) < 4.78 is 23.4. The van der Waals surface area contributed by atoms with E-state index in [0.717, 1.165) is 37.7 Å². The van der Waals surface area contributed by atoms with Crippen LogP contribution in [0.25, 0.3) is 0 Å². The first-order valence-corrected chi connectivity index (χ1v) is 20.7. The van der Waals surface area contributed by atoms with Gasteiger partial charge in [0, 0.05) is 25.4 Å². The van der Waals surface area contributed by atoms with Gasteiger partial charge in [0.05, 0.1) is 11.5 Å². The van der Waals surface area contributed by atoms with Crippen LogP contribution in [-0.4, -0.2) is 132 Å². The summed E-state index contributed by atoms with van der Waals surface area (Å²) in [6.07, 6.45) is -12.2. The van der Waals surface area contributed by atoms with Crippen molar-refractivity contribution in [1.29, 1.82) is 0 Å². The summed E-state index contributed by atoms with van der Waals surface area (Å²) in [5.74, 6) is -4.47. The fourth-order valence-corrected chi connectivity index (χ4v) is 13.4. The van der Waals surface area contributed by atoms with E-state index in [2.05, 4.69) is 27.7 Å². The first-order chi connectivity index (χ1) is 26.8. The molecular weight excluding hydrogens is 826 g/mol. The molecule has 0 aromatic carbocycles. The van der Waals surface area contributed by atoms with Gasteiger partial charge < -0.3 is 59.8 Å². The maximum Gasteiger partial charge on any atom is 0.335 e. The number of allylic oxidation sites excluding steroid dienone is 2. The van der Waals surface area contributed by atoms with Gasteiger partial charge in [-0.1, -0.05) is 47.1 Å². The van der Waals surface area contributed by atoms with Crippen LogP contribution in [0.4, 0.5) is 0 Å². The van der Waals surface area contributed by atoms with Crippen molar-refractivity contribution in [1.82, 2.24) is 0 Å². The van der Waals surface area contributed by atoms with Crippen molar-refractivity contribution < 1.29 is 98.5 Å². The molecule has 0 aromatic heterocycles. The predicted octanol–water partition coefficient (Wildman–Crippen LogP) is 2.24. The van der Waals surface area contributed by atoms with E-state index in [-0.39, 0.29) is 53.8 Å². The molecule has 16 nitrogen and oxygen atoms in total. The minimum Gasteiger partial charge on any atom is -0.481 e. The Hall–Kier alpha value is -1.92. The van der Waals surface area contributed by atoms with Crippen LogP contribution in [0.5, 0.6) is 0 Å². The molecule has 2 saturated heterocycles. The fraction of sp³-hybridized carbons (Fsp3) is 0.857. The number of aliphatic carboxylic acids is 3. The molecule has 59 heavy (non-hydrogen) atoms. The molecule has 2 aliphatic heterocycles. The third-order valence-corrected chi connectivity index (χ3v) is 17.2. The van der Waals surface area contributed by atoms with Crippen LogP contribution in [0.3, 0.4) is 0 Å². The Morgan fingerprint density at radius 3 is 1.86 bits per heavy atom. The van der Waals surface area contributed by atoms with Gasteiger partial charge >= 0.3 is 17.9 Å². The van der Waals surface area contributed by atoms with E-state index in [9.17, 15) is 60.0 Å². The van der Waals surface area contributed by atoms with Gasteiger partial charge in [-0.2, -0.15) is 0 Å². The number of aliphatic hydroxyl groups is 5. The molecule has 8 N–H and O–H groups in total. The summed E-state index contributed by atoms with van der Waals surface area (Å²) in [5, 5.41) is 83.0. The minimum atomic E-state index is -2.05. The second kappa shape index (κ2) is 15.4. The number of hydrogen-bond donors (Lipinski definition) is 8. The smallest absolute Gasteiger partial charge is 0.335 e. The number of carbonyl (C=O) groups excluding carboxylic acids is 1. The Morgan fingerprint density at radius 2 is 1.27 bits per heavy atom. The van der Waals surface area contributed by atoms with Crippen molar-refractivity contribution in [2.24, 2.45) is 50.2 Å². The van der Waals surface area contributed by atoms with Gasteiger partial charge in [0.2, 0.25) is 0 Å². The first-order valence-electron chi connectivity index (χ1n) is 20.7. The normalized spacial score (nSPS) is 51.7.